The molecule has 23 heavy (non-hydrogen) atoms. The van der Waals surface area contributed by atoms with Gasteiger partial charge in [0.15, 0.2) is 5.96 Å². The van der Waals surface area contributed by atoms with Crippen LogP contribution < -0.4 is 10.6 Å². The van der Waals surface area contributed by atoms with Crippen LogP contribution in [-0.4, -0.2) is 44.1 Å². The molecule has 2 fully saturated rings. The van der Waals surface area contributed by atoms with Crippen LogP contribution in [0.3, 0.4) is 0 Å². The highest BCUT2D eigenvalue weighted by Crippen LogP contribution is 2.36. The van der Waals surface area contributed by atoms with E-state index in [0.717, 1.165) is 12.5 Å². The molecule has 3 rings (SSSR count). The van der Waals surface area contributed by atoms with Gasteiger partial charge in [0.05, 0.1) is 0 Å². The first kappa shape index (κ1) is 16.8. The monoisotopic (exact) mass is 334 g/mol. The summed E-state index contributed by atoms with van der Waals surface area (Å²) in [5.74, 6) is 1.63. The van der Waals surface area contributed by atoms with E-state index in [2.05, 4.69) is 45.1 Å². The molecule has 128 valence electrons. The smallest absolute Gasteiger partial charge is 0.191 e. The van der Waals surface area contributed by atoms with Crippen LogP contribution in [0.15, 0.2) is 22.5 Å². The normalized spacial score (nSPS) is 27.3. The second-order valence-corrected chi connectivity index (χ2v) is 7.90. The standard InChI is InChI=1S/C18H30N4S/c1-19-18(21-15-8-3-4-9-15)20-13-14-7-5-11-22(2)17(14)16-10-6-12-23-16/h6,10,12,14-15,17H,3-5,7-9,11,13H2,1-2H3,(H2,19,20,21). The minimum Gasteiger partial charge on any atom is -0.356 e. The first-order valence-electron chi connectivity index (χ1n) is 8.98. The summed E-state index contributed by atoms with van der Waals surface area (Å²) in [5, 5.41) is 9.39. The number of guanidine groups is 1. The molecule has 1 aromatic rings. The number of rotatable bonds is 4. The molecular weight excluding hydrogens is 304 g/mol. The van der Waals surface area contributed by atoms with Gasteiger partial charge in [0.1, 0.15) is 0 Å². The number of hydrogen-bond donors (Lipinski definition) is 2. The van der Waals surface area contributed by atoms with Crippen molar-refractivity contribution < 1.29 is 0 Å². The SMILES string of the molecule is CN=C(NCC1CCCN(C)C1c1cccs1)NC1CCCC1. The third-order valence-electron chi connectivity index (χ3n) is 5.29. The highest BCUT2D eigenvalue weighted by atomic mass is 32.1. The van der Waals surface area contributed by atoms with E-state index in [4.69, 9.17) is 0 Å². The molecule has 0 radical (unpaired) electrons. The van der Waals surface area contributed by atoms with Crippen molar-refractivity contribution in [2.24, 2.45) is 10.9 Å². The van der Waals surface area contributed by atoms with Crippen LogP contribution in [0.25, 0.3) is 0 Å². The summed E-state index contributed by atoms with van der Waals surface area (Å²) in [6.07, 6.45) is 7.85. The Morgan fingerprint density at radius 1 is 1.30 bits per heavy atom. The Morgan fingerprint density at radius 3 is 2.83 bits per heavy atom. The summed E-state index contributed by atoms with van der Waals surface area (Å²) < 4.78 is 0. The molecule has 1 aliphatic heterocycles. The molecule has 2 heterocycles. The number of piperidine rings is 1. The molecule has 0 amide bonds. The lowest BCUT2D eigenvalue weighted by molar-refractivity contribution is 0.125. The van der Waals surface area contributed by atoms with Crippen molar-refractivity contribution in [2.75, 3.05) is 27.2 Å². The topological polar surface area (TPSA) is 39.7 Å². The van der Waals surface area contributed by atoms with Crippen LogP contribution in [0.1, 0.15) is 49.4 Å². The van der Waals surface area contributed by atoms with Crippen LogP contribution in [0.5, 0.6) is 0 Å². The zero-order chi connectivity index (χ0) is 16.1. The van der Waals surface area contributed by atoms with Crippen LogP contribution in [0, 0.1) is 5.92 Å². The third kappa shape index (κ3) is 4.27. The summed E-state index contributed by atoms with van der Waals surface area (Å²) in [6.45, 7) is 2.20. The van der Waals surface area contributed by atoms with E-state index in [1.54, 1.807) is 0 Å². The van der Waals surface area contributed by atoms with Gasteiger partial charge in [-0.25, -0.2) is 0 Å². The third-order valence-corrected chi connectivity index (χ3v) is 6.24. The Morgan fingerprint density at radius 2 is 2.13 bits per heavy atom. The Hall–Kier alpha value is -1.07. The Labute approximate surface area is 144 Å². The van der Waals surface area contributed by atoms with Crippen LogP contribution in [0.4, 0.5) is 0 Å². The average Bonchev–Trinajstić information content (AvgIpc) is 3.25. The fourth-order valence-electron chi connectivity index (χ4n) is 4.07. The number of likely N-dealkylation sites (tertiary alicyclic amines) is 1. The number of nitrogens with one attached hydrogen (secondary N) is 2. The zero-order valence-corrected chi connectivity index (χ0v) is 15.2. The van der Waals surface area contributed by atoms with Gasteiger partial charge in [-0.05, 0) is 56.6 Å². The molecule has 2 aliphatic rings. The van der Waals surface area contributed by atoms with Crippen molar-refractivity contribution in [1.29, 1.82) is 0 Å². The van der Waals surface area contributed by atoms with Gasteiger partial charge in [-0.2, -0.15) is 0 Å². The number of hydrogen-bond acceptors (Lipinski definition) is 3. The van der Waals surface area contributed by atoms with E-state index in [9.17, 15) is 0 Å². The van der Waals surface area contributed by atoms with E-state index in [-0.39, 0.29) is 0 Å². The molecule has 2 N–H and O–H groups in total. The van der Waals surface area contributed by atoms with Crippen LogP contribution in [0.2, 0.25) is 0 Å². The maximum absolute atomic E-state index is 4.43. The molecule has 1 aliphatic carbocycles. The van der Waals surface area contributed by atoms with Gasteiger partial charge in [0, 0.05) is 30.6 Å². The predicted octanol–water partition coefficient (Wildman–Crippen LogP) is 3.24. The minimum absolute atomic E-state index is 0.542. The van der Waals surface area contributed by atoms with Crippen molar-refractivity contribution in [3.63, 3.8) is 0 Å². The van der Waals surface area contributed by atoms with Crippen molar-refractivity contribution in [1.82, 2.24) is 15.5 Å². The van der Waals surface area contributed by atoms with Crippen molar-refractivity contribution in [2.45, 2.75) is 50.6 Å². The molecule has 2 atom stereocenters. The summed E-state index contributed by atoms with van der Waals surface area (Å²) in [7, 11) is 4.15. The highest BCUT2D eigenvalue weighted by Gasteiger charge is 2.31. The van der Waals surface area contributed by atoms with E-state index < -0.39 is 0 Å². The van der Waals surface area contributed by atoms with E-state index >= 15 is 0 Å². The van der Waals surface area contributed by atoms with Gasteiger partial charge in [0.25, 0.3) is 0 Å². The van der Waals surface area contributed by atoms with Crippen LogP contribution >= 0.6 is 11.3 Å². The summed E-state index contributed by atoms with van der Waals surface area (Å²) >= 11 is 1.89. The summed E-state index contributed by atoms with van der Waals surface area (Å²) in [5.41, 5.74) is 0. The summed E-state index contributed by atoms with van der Waals surface area (Å²) in [4.78, 5) is 8.45. The maximum atomic E-state index is 4.43. The summed E-state index contributed by atoms with van der Waals surface area (Å²) in [6, 6.07) is 5.62. The van der Waals surface area contributed by atoms with E-state index in [1.165, 1.54) is 49.9 Å². The molecule has 2 unspecified atom stereocenters. The second kappa shape index (κ2) is 8.15. The molecule has 5 heteroatoms. The van der Waals surface area contributed by atoms with Gasteiger partial charge in [-0.3, -0.25) is 9.89 Å². The number of nitrogens with zero attached hydrogens (tertiary/aromatic N) is 2. The largest absolute Gasteiger partial charge is 0.356 e. The molecule has 0 spiro atoms. The maximum Gasteiger partial charge on any atom is 0.191 e. The number of aliphatic imine (C=N–C) groups is 1. The van der Waals surface area contributed by atoms with Gasteiger partial charge in [-0.15, -0.1) is 11.3 Å². The first-order valence-corrected chi connectivity index (χ1v) is 9.86. The molecule has 0 aromatic carbocycles. The molecule has 4 nitrogen and oxygen atoms in total. The first-order chi connectivity index (χ1) is 11.3. The average molecular weight is 335 g/mol. The lowest BCUT2D eigenvalue weighted by Crippen LogP contribution is -2.47. The molecule has 0 bridgehead atoms. The lowest BCUT2D eigenvalue weighted by atomic mass is 9.88. The molecule has 1 aromatic heterocycles. The van der Waals surface area contributed by atoms with E-state index in [1.807, 2.05) is 18.4 Å². The van der Waals surface area contributed by atoms with Crippen molar-refractivity contribution in [3.05, 3.63) is 22.4 Å². The zero-order valence-electron chi connectivity index (χ0n) is 14.4. The van der Waals surface area contributed by atoms with Gasteiger partial charge >= 0.3 is 0 Å². The van der Waals surface area contributed by atoms with Gasteiger partial charge in [0.2, 0.25) is 0 Å². The second-order valence-electron chi connectivity index (χ2n) is 6.92. The van der Waals surface area contributed by atoms with Gasteiger partial charge < -0.3 is 10.6 Å². The highest BCUT2D eigenvalue weighted by molar-refractivity contribution is 7.10. The van der Waals surface area contributed by atoms with Gasteiger partial charge in [-0.1, -0.05) is 18.9 Å². The van der Waals surface area contributed by atoms with E-state index in [0.29, 0.717) is 18.0 Å². The molecule has 1 saturated heterocycles. The minimum atomic E-state index is 0.542. The Kier molecular flexibility index (Phi) is 5.95. The molecule has 1 saturated carbocycles. The predicted molar refractivity (Wildman–Crippen MR) is 99.2 cm³/mol. The number of thiophene rings is 1. The lowest BCUT2D eigenvalue weighted by Gasteiger charge is -2.39. The van der Waals surface area contributed by atoms with Crippen molar-refractivity contribution in [3.8, 4) is 0 Å². The fraction of sp³-hybridized carbons (Fsp3) is 0.722. The van der Waals surface area contributed by atoms with Crippen LogP contribution in [-0.2, 0) is 0 Å². The quantitative estimate of drug-likeness (QED) is 0.656. The molecular formula is C18H30N4S. The Balaban J connectivity index is 1.58. The fourth-order valence-corrected chi connectivity index (χ4v) is 5.05. The van der Waals surface area contributed by atoms with Crippen molar-refractivity contribution >= 4 is 17.3 Å². The Bertz CT molecular complexity index is 493.